The van der Waals surface area contributed by atoms with Crippen molar-refractivity contribution in [2.45, 2.75) is 19.3 Å². The molecule has 0 amide bonds. The monoisotopic (exact) mass is 340 g/mol. The van der Waals surface area contributed by atoms with E-state index in [0.29, 0.717) is 0 Å². The summed E-state index contributed by atoms with van der Waals surface area (Å²) in [5.41, 5.74) is 2.93. The van der Waals surface area contributed by atoms with E-state index in [1.165, 1.54) is 6.92 Å². The number of aliphatic carboxylic acids is 1. The molecule has 5 nitrogen and oxygen atoms in total. The van der Waals surface area contributed by atoms with Crippen molar-refractivity contribution in [3.05, 3.63) is 59.7 Å². The summed E-state index contributed by atoms with van der Waals surface area (Å²) >= 11 is 0. The smallest absolute Gasteiger partial charge is 0.312 e. The van der Waals surface area contributed by atoms with Gasteiger partial charge in [-0.1, -0.05) is 48.5 Å². The van der Waals surface area contributed by atoms with Crippen molar-refractivity contribution < 1.29 is 24.5 Å². The highest BCUT2D eigenvalue weighted by Crippen LogP contribution is 2.44. The lowest BCUT2D eigenvalue weighted by Crippen LogP contribution is -2.34. The summed E-state index contributed by atoms with van der Waals surface area (Å²) in [4.78, 5) is 23.3. The maximum absolute atomic E-state index is 12.1. The Hall–Kier alpha value is -2.66. The van der Waals surface area contributed by atoms with E-state index in [1.807, 2.05) is 48.5 Å². The zero-order chi connectivity index (χ0) is 18.0. The van der Waals surface area contributed by atoms with Crippen LogP contribution in [0.25, 0.3) is 11.1 Å². The van der Waals surface area contributed by atoms with Gasteiger partial charge in [0.15, 0.2) is 0 Å². The third-order valence-electron chi connectivity index (χ3n) is 4.77. The Morgan fingerprint density at radius 2 is 1.56 bits per heavy atom. The van der Waals surface area contributed by atoms with Gasteiger partial charge in [-0.25, -0.2) is 0 Å². The molecule has 0 saturated heterocycles. The van der Waals surface area contributed by atoms with Crippen LogP contribution in [0.15, 0.2) is 48.5 Å². The van der Waals surface area contributed by atoms with Crippen molar-refractivity contribution in [3.63, 3.8) is 0 Å². The number of carboxylic acid groups (broad SMARTS) is 1. The number of fused-ring (bicyclic) bond motifs is 3. The Morgan fingerprint density at radius 1 is 1.04 bits per heavy atom. The quantitative estimate of drug-likeness (QED) is 0.790. The molecular formula is C20H20O5. The van der Waals surface area contributed by atoms with Gasteiger partial charge in [0.1, 0.15) is 6.61 Å². The summed E-state index contributed by atoms with van der Waals surface area (Å²) in [7, 11) is 0. The molecule has 2 aromatic carbocycles. The fraction of sp³-hybridized carbons (Fsp3) is 0.300. The molecule has 0 saturated carbocycles. The molecular weight excluding hydrogens is 320 g/mol. The summed E-state index contributed by atoms with van der Waals surface area (Å²) in [6.07, 6.45) is -0.366. The van der Waals surface area contributed by atoms with Gasteiger partial charge in [-0.3, -0.25) is 9.59 Å². The minimum atomic E-state index is -1.53. The van der Waals surface area contributed by atoms with Crippen molar-refractivity contribution in [2.24, 2.45) is 5.41 Å². The number of aliphatic hydroxyl groups excluding tert-OH is 1. The van der Waals surface area contributed by atoms with Crippen molar-refractivity contribution in [1.82, 2.24) is 0 Å². The molecule has 0 aliphatic heterocycles. The number of carboxylic acids is 1. The number of ether oxygens (including phenoxy) is 1. The number of esters is 1. The molecule has 0 heterocycles. The van der Waals surface area contributed by atoms with E-state index in [2.05, 4.69) is 0 Å². The van der Waals surface area contributed by atoms with Gasteiger partial charge in [0.25, 0.3) is 0 Å². The van der Waals surface area contributed by atoms with Crippen molar-refractivity contribution in [2.75, 3.05) is 13.2 Å². The molecule has 2 N–H and O–H groups in total. The SMILES string of the molecule is CC(CO)(CC(=O)OCC1c2ccccc2-c2ccccc21)C(=O)O. The van der Waals surface area contributed by atoms with E-state index in [-0.39, 0.29) is 18.9 Å². The van der Waals surface area contributed by atoms with Crippen LogP contribution in [0.4, 0.5) is 0 Å². The number of rotatable bonds is 6. The highest BCUT2D eigenvalue weighted by Gasteiger charge is 2.36. The molecule has 2 aromatic rings. The predicted octanol–water partition coefficient (Wildman–Crippen LogP) is 2.82. The molecule has 0 fully saturated rings. The van der Waals surface area contributed by atoms with Crippen LogP contribution in [0.3, 0.4) is 0 Å². The molecule has 1 aliphatic carbocycles. The van der Waals surface area contributed by atoms with Crippen LogP contribution in [-0.4, -0.2) is 35.4 Å². The van der Waals surface area contributed by atoms with E-state index in [4.69, 9.17) is 9.84 Å². The largest absolute Gasteiger partial charge is 0.481 e. The van der Waals surface area contributed by atoms with Crippen molar-refractivity contribution in [1.29, 1.82) is 0 Å². The van der Waals surface area contributed by atoms with Crippen LogP contribution < -0.4 is 0 Å². The molecule has 3 rings (SSSR count). The number of carbonyl (C=O) groups is 2. The molecule has 1 atom stereocenters. The summed E-state index contributed by atoms with van der Waals surface area (Å²) in [6.45, 7) is 0.858. The Kier molecular flexibility index (Phi) is 4.59. The lowest BCUT2D eigenvalue weighted by Gasteiger charge is -2.21. The molecule has 5 heteroatoms. The number of hydrogen-bond acceptors (Lipinski definition) is 4. The van der Waals surface area contributed by atoms with Gasteiger partial charge in [0, 0.05) is 5.92 Å². The highest BCUT2D eigenvalue weighted by molar-refractivity contribution is 5.82. The molecule has 0 spiro atoms. The highest BCUT2D eigenvalue weighted by atomic mass is 16.5. The Labute approximate surface area is 145 Å². The number of carbonyl (C=O) groups excluding carboxylic acids is 1. The first-order chi connectivity index (χ1) is 12.0. The average Bonchev–Trinajstić information content (AvgIpc) is 2.94. The van der Waals surface area contributed by atoms with Gasteiger partial charge in [-0.2, -0.15) is 0 Å². The van der Waals surface area contributed by atoms with Crippen LogP contribution in [0, 0.1) is 5.41 Å². The van der Waals surface area contributed by atoms with Gasteiger partial charge in [0.2, 0.25) is 0 Å². The van der Waals surface area contributed by atoms with Crippen molar-refractivity contribution in [3.8, 4) is 11.1 Å². The minimum absolute atomic E-state index is 0.0680. The fourth-order valence-corrected chi connectivity index (χ4v) is 3.18. The summed E-state index contributed by atoms with van der Waals surface area (Å²) < 4.78 is 5.37. The van der Waals surface area contributed by atoms with Crippen LogP contribution in [-0.2, 0) is 14.3 Å². The lowest BCUT2D eigenvalue weighted by molar-refractivity contribution is -0.159. The van der Waals surface area contributed by atoms with Gasteiger partial charge < -0.3 is 14.9 Å². The standard InChI is InChI=1S/C20H20O5/c1-20(12-21,19(23)24)10-18(22)25-11-17-15-8-4-2-6-13(15)14-7-3-5-9-16(14)17/h2-9,17,21H,10-12H2,1H3,(H,23,24). The topological polar surface area (TPSA) is 83.8 Å². The Balaban J connectivity index is 1.76. The summed E-state index contributed by atoms with van der Waals surface area (Å²) in [5, 5.41) is 18.4. The van der Waals surface area contributed by atoms with Gasteiger partial charge in [-0.15, -0.1) is 0 Å². The third kappa shape index (κ3) is 3.15. The zero-order valence-electron chi connectivity index (χ0n) is 13.9. The Morgan fingerprint density at radius 3 is 2.04 bits per heavy atom. The second kappa shape index (κ2) is 6.69. The first-order valence-electron chi connectivity index (χ1n) is 8.14. The van der Waals surface area contributed by atoms with Gasteiger partial charge in [-0.05, 0) is 29.2 Å². The normalized spacial score (nSPS) is 15.1. The first-order valence-corrected chi connectivity index (χ1v) is 8.14. The van der Waals surface area contributed by atoms with E-state index in [0.717, 1.165) is 22.3 Å². The maximum Gasteiger partial charge on any atom is 0.312 e. The van der Waals surface area contributed by atoms with E-state index in [1.54, 1.807) is 0 Å². The first kappa shape index (κ1) is 17.2. The molecule has 0 radical (unpaired) electrons. The van der Waals surface area contributed by atoms with Gasteiger partial charge in [0.05, 0.1) is 18.4 Å². The third-order valence-corrected chi connectivity index (χ3v) is 4.77. The molecule has 1 unspecified atom stereocenters. The van der Waals surface area contributed by atoms with Crippen LogP contribution in [0.1, 0.15) is 30.4 Å². The number of aliphatic hydroxyl groups is 1. The molecule has 1 aliphatic rings. The Bertz CT molecular complexity index is 768. The van der Waals surface area contributed by atoms with E-state index < -0.39 is 24.0 Å². The fourth-order valence-electron chi connectivity index (χ4n) is 3.18. The molecule has 130 valence electrons. The van der Waals surface area contributed by atoms with Gasteiger partial charge >= 0.3 is 11.9 Å². The second-order valence-electron chi connectivity index (χ2n) is 6.61. The average molecular weight is 340 g/mol. The number of benzene rings is 2. The minimum Gasteiger partial charge on any atom is -0.481 e. The van der Waals surface area contributed by atoms with Crippen molar-refractivity contribution >= 4 is 11.9 Å². The van der Waals surface area contributed by atoms with Crippen LogP contribution >= 0.6 is 0 Å². The zero-order valence-corrected chi connectivity index (χ0v) is 13.9. The summed E-state index contributed by atoms with van der Waals surface area (Å²) in [5.74, 6) is -1.91. The van der Waals surface area contributed by atoms with E-state index in [9.17, 15) is 14.7 Å². The van der Waals surface area contributed by atoms with Crippen LogP contribution in [0.2, 0.25) is 0 Å². The predicted molar refractivity (Wildman–Crippen MR) is 92.1 cm³/mol. The lowest BCUT2D eigenvalue weighted by atomic mass is 9.88. The maximum atomic E-state index is 12.1. The number of hydrogen-bond donors (Lipinski definition) is 2. The molecule has 0 aromatic heterocycles. The van der Waals surface area contributed by atoms with Crippen LogP contribution in [0.5, 0.6) is 0 Å². The molecule has 0 bridgehead atoms. The van der Waals surface area contributed by atoms with E-state index >= 15 is 0 Å². The molecule has 25 heavy (non-hydrogen) atoms. The summed E-state index contributed by atoms with van der Waals surface area (Å²) in [6, 6.07) is 16.0. The second-order valence-corrected chi connectivity index (χ2v) is 6.61.